The summed E-state index contributed by atoms with van der Waals surface area (Å²) >= 11 is 3.77. The Bertz CT molecular complexity index is 552. The monoisotopic (exact) mass is 305 g/mol. The van der Waals surface area contributed by atoms with Crippen molar-refractivity contribution in [2.75, 3.05) is 18.0 Å². The Labute approximate surface area is 115 Å². The van der Waals surface area contributed by atoms with Gasteiger partial charge in [0.15, 0.2) is 5.82 Å². The van der Waals surface area contributed by atoms with Crippen molar-refractivity contribution in [3.8, 4) is 0 Å². The first-order chi connectivity index (χ1) is 8.75. The van der Waals surface area contributed by atoms with E-state index in [4.69, 9.17) is 0 Å². The highest BCUT2D eigenvalue weighted by Gasteiger charge is 2.25. The van der Waals surface area contributed by atoms with Gasteiger partial charge in [-0.25, -0.2) is 0 Å². The van der Waals surface area contributed by atoms with Gasteiger partial charge in [-0.1, -0.05) is 47.1 Å². The van der Waals surface area contributed by atoms with Gasteiger partial charge in [-0.15, -0.1) is 5.10 Å². The lowest BCUT2D eigenvalue weighted by molar-refractivity contribution is 0.454. The SMILES string of the molecule is CC1CCN(c2nncc3ccccc23)CC1Br. The number of nitrogens with zero attached hydrogens (tertiary/aromatic N) is 3. The van der Waals surface area contributed by atoms with Crippen LogP contribution in [0.4, 0.5) is 5.82 Å². The van der Waals surface area contributed by atoms with Crippen LogP contribution in [0.5, 0.6) is 0 Å². The van der Waals surface area contributed by atoms with Crippen LogP contribution in [-0.2, 0) is 0 Å². The molecule has 0 N–H and O–H groups in total. The highest BCUT2D eigenvalue weighted by Crippen LogP contribution is 2.29. The van der Waals surface area contributed by atoms with E-state index < -0.39 is 0 Å². The van der Waals surface area contributed by atoms with E-state index in [-0.39, 0.29) is 0 Å². The average Bonchev–Trinajstić information content (AvgIpc) is 2.41. The Kier molecular flexibility index (Phi) is 3.20. The van der Waals surface area contributed by atoms with Crippen molar-refractivity contribution < 1.29 is 0 Å². The molecule has 1 aromatic heterocycles. The Morgan fingerprint density at radius 2 is 2.17 bits per heavy atom. The molecule has 0 radical (unpaired) electrons. The van der Waals surface area contributed by atoms with Crippen molar-refractivity contribution in [3.05, 3.63) is 30.5 Å². The van der Waals surface area contributed by atoms with E-state index in [0.29, 0.717) is 4.83 Å². The van der Waals surface area contributed by atoms with Crippen molar-refractivity contribution in [3.63, 3.8) is 0 Å². The molecule has 1 fully saturated rings. The van der Waals surface area contributed by atoms with Gasteiger partial charge in [-0.2, -0.15) is 5.10 Å². The number of halogens is 1. The molecule has 2 aromatic rings. The van der Waals surface area contributed by atoms with E-state index in [1.165, 1.54) is 11.8 Å². The third-order valence-corrected chi connectivity index (χ3v) is 4.91. The number of hydrogen-bond acceptors (Lipinski definition) is 3. The molecule has 1 aliphatic heterocycles. The molecule has 2 atom stereocenters. The topological polar surface area (TPSA) is 29.0 Å². The summed E-state index contributed by atoms with van der Waals surface area (Å²) in [5.41, 5.74) is 0. The van der Waals surface area contributed by atoms with Gasteiger partial charge >= 0.3 is 0 Å². The van der Waals surface area contributed by atoms with Gasteiger partial charge in [0.1, 0.15) is 0 Å². The number of hydrogen-bond donors (Lipinski definition) is 0. The summed E-state index contributed by atoms with van der Waals surface area (Å²) in [5, 5.41) is 10.8. The average molecular weight is 306 g/mol. The molecule has 2 unspecified atom stereocenters. The summed E-state index contributed by atoms with van der Waals surface area (Å²) in [5.74, 6) is 1.74. The van der Waals surface area contributed by atoms with Crippen LogP contribution in [0.25, 0.3) is 10.8 Å². The first-order valence-electron chi connectivity index (χ1n) is 6.35. The van der Waals surface area contributed by atoms with E-state index in [0.717, 1.165) is 30.2 Å². The number of aromatic nitrogens is 2. The van der Waals surface area contributed by atoms with E-state index >= 15 is 0 Å². The highest BCUT2D eigenvalue weighted by atomic mass is 79.9. The van der Waals surface area contributed by atoms with Crippen molar-refractivity contribution in [1.29, 1.82) is 0 Å². The summed E-state index contributed by atoms with van der Waals surface area (Å²) in [6, 6.07) is 8.32. The third kappa shape index (κ3) is 2.09. The number of benzene rings is 1. The lowest BCUT2D eigenvalue weighted by Crippen LogP contribution is -2.40. The Balaban J connectivity index is 1.99. The second-order valence-electron chi connectivity index (χ2n) is 4.98. The van der Waals surface area contributed by atoms with E-state index in [1.807, 2.05) is 12.3 Å². The lowest BCUT2D eigenvalue weighted by atomic mass is 9.99. The molecule has 2 heterocycles. The van der Waals surface area contributed by atoms with Crippen LogP contribution in [0.3, 0.4) is 0 Å². The van der Waals surface area contributed by atoms with Gasteiger partial charge in [0.25, 0.3) is 0 Å². The number of rotatable bonds is 1. The molecule has 0 saturated carbocycles. The number of fused-ring (bicyclic) bond motifs is 1. The van der Waals surface area contributed by atoms with Gasteiger partial charge < -0.3 is 4.90 Å². The third-order valence-electron chi connectivity index (χ3n) is 3.72. The molecule has 1 aliphatic rings. The summed E-state index contributed by atoms with van der Waals surface area (Å²) in [7, 11) is 0. The number of piperidine rings is 1. The molecular weight excluding hydrogens is 290 g/mol. The first-order valence-corrected chi connectivity index (χ1v) is 7.26. The molecular formula is C14H16BrN3. The molecule has 0 aliphatic carbocycles. The summed E-state index contributed by atoms with van der Waals surface area (Å²) < 4.78 is 0. The summed E-state index contributed by atoms with van der Waals surface area (Å²) in [6.45, 7) is 4.36. The minimum atomic E-state index is 0.534. The molecule has 94 valence electrons. The second kappa shape index (κ2) is 4.84. The van der Waals surface area contributed by atoms with Crippen molar-refractivity contribution in [2.45, 2.75) is 18.2 Å². The maximum atomic E-state index is 4.35. The predicted molar refractivity (Wildman–Crippen MR) is 78.2 cm³/mol. The molecule has 4 heteroatoms. The number of alkyl halides is 1. The van der Waals surface area contributed by atoms with Gasteiger partial charge in [-0.05, 0) is 12.3 Å². The molecule has 18 heavy (non-hydrogen) atoms. The Hall–Kier alpha value is -1.16. The molecule has 0 spiro atoms. The van der Waals surface area contributed by atoms with Crippen LogP contribution in [0.15, 0.2) is 30.5 Å². The second-order valence-corrected chi connectivity index (χ2v) is 6.16. The molecule has 3 nitrogen and oxygen atoms in total. The summed E-state index contributed by atoms with van der Waals surface area (Å²) in [4.78, 5) is 2.88. The van der Waals surface area contributed by atoms with Crippen LogP contribution in [0.2, 0.25) is 0 Å². The van der Waals surface area contributed by atoms with Crippen LogP contribution >= 0.6 is 15.9 Å². The fourth-order valence-corrected chi connectivity index (χ4v) is 3.07. The smallest absolute Gasteiger partial charge is 0.159 e. The molecule has 3 rings (SSSR count). The lowest BCUT2D eigenvalue weighted by Gasteiger charge is -2.35. The minimum Gasteiger partial charge on any atom is -0.353 e. The normalized spacial score (nSPS) is 24.4. The fraction of sp³-hybridized carbons (Fsp3) is 0.429. The van der Waals surface area contributed by atoms with Gasteiger partial charge in [-0.3, -0.25) is 0 Å². The van der Waals surface area contributed by atoms with E-state index in [9.17, 15) is 0 Å². The Morgan fingerprint density at radius 3 is 3.00 bits per heavy atom. The maximum absolute atomic E-state index is 4.35. The quantitative estimate of drug-likeness (QED) is 0.757. The minimum absolute atomic E-state index is 0.534. The standard InChI is InChI=1S/C14H16BrN3/c1-10-6-7-18(9-13(10)15)14-12-5-3-2-4-11(12)8-16-17-14/h2-5,8,10,13H,6-7,9H2,1H3. The van der Waals surface area contributed by atoms with Gasteiger partial charge in [0, 0.05) is 28.7 Å². The van der Waals surface area contributed by atoms with Crippen LogP contribution < -0.4 is 4.90 Å². The first kappa shape index (κ1) is 11.9. The predicted octanol–water partition coefficient (Wildman–Crippen LogP) is 3.24. The largest absolute Gasteiger partial charge is 0.353 e. The van der Waals surface area contributed by atoms with Crippen LogP contribution in [-0.4, -0.2) is 28.1 Å². The Morgan fingerprint density at radius 1 is 1.33 bits per heavy atom. The molecule has 1 saturated heterocycles. The van der Waals surface area contributed by atoms with Crippen LogP contribution in [0, 0.1) is 5.92 Å². The molecule has 1 aromatic carbocycles. The van der Waals surface area contributed by atoms with Crippen molar-refractivity contribution in [2.24, 2.45) is 5.92 Å². The molecule has 0 bridgehead atoms. The van der Waals surface area contributed by atoms with E-state index in [2.05, 4.69) is 56.2 Å². The van der Waals surface area contributed by atoms with E-state index in [1.54, 1.807) is 0 Å². The number of anilines is 1. The van der Waals surface area contributed by atoms with Gasteiger partial charge in [0.05, 0.1) is 6.20 Å². The zero-order chi connectivity index (χ0) is 12.5. The zero-order valence-electron chi connectivity index (χ0n) is 10.4. The van der Waals surface area contributed by atoms with Crippen LogP contribution in [0.1, 0.15) is 13.3 Å². The summed E-state index contributed by atoms with van der Waals surface area (Å²) in [6.07, 6.45) is 3.03. The highest BCUT2D eigenvalue weighted by molar-refractivity contribution is 9.09. The fourth-order valence-electron chi connectivity index (χ4n) is 2.46. The van der Waals surface area contributed by atoms with Gasteiger partial charge in [0.2, 0.25) is 0 Å². The molecule has 0 amide bonds. The maximum Gasteiger partial charge on any atom is 0.159 e. The zero-order valence-corrected chi connectivity index (χ0v) is 12.0. The van der Waals surface area contributed by atoms with Crippen molar-refractivity contribution >= 4 is 32.5 Å². The van der Waals surface area contributed by atoms with Crippen molar-refractivity contribution in [1.82, 2.24) is 10.2 Å².